The van der Waals surface area contributed by atoms with E-state index in [4.69, 9.17) is 14.0 Å². The van der Waals surface area contributed by atoms with E-state index in [1.54, 1.807) is 19.2 Å². The average molecular weight is 350 g/mol. The van der Waals surface area contributed by atoms with Crippen molar-refractivity contribution in [2.24, 2.45) is 0 Å². The Labute approximate surface area is 147 Å². The maximum absolute atomic E-state index is 14.7. The van der Waals surface area contributed by atoms with Crippen LogP contribution in [0.5, 0.6) is 0 Å². The van der Waals surface area contributed by atoms with Crippen molar-refractivity contribution in [1.29, 1.82) is 0 Å². The fourth-order valence-electron chi connectivity index (χ4n) is 2.91. The zero-order chi connectivity index (χ0) is 18.4. The maximum Gasteiger partial charge on any atom is 0.497 e. The quantitative estimate of drug-likeness (QED) is 0.838. The summed E-state index contributed by atoms with van der Waals surface area (Å²) in [5.74, 6) is -0.471. The van der Waals surface area contributed by atoms with Crippen molar-refractivity contribution in [2.75, 3.05) is 25.0 Å². The van der Waals surface area contributed by atoms with E-state index in [-0.39, 0.29) is 6.10 Å². The lowest BCUT2D eigenvalue weighted by Crippen LogP contribution is -2.41. The zero-order valence-electron chi connectivity index (χ0n) is 15.3. The van der Waals surface area contributed by atoms with E-state index in [1.807, 2.05) is 27.7 Å². The molecular formula is C17H24BFN2O4. The summed E-state index contributed by atoms with van der Waals surface area (Å²) in [5, 5.41) is 2.96. The highest BCUT2D eigenvalue weighted by Crippen LogP contribution is 2.36. The number of carbonyl (C=O) groups is 1. The highest BCUT2D eigenvalue weighted by molar-refractivity contribution is 6.62. The van der Waals surface area contributed by atoms with Crippen LogP contribution in [0.2, 0.25) is 0 Å². The third kappa shape index (κ3) is 3.26. The number of likely N-dealkylation sites (N-methyl/N-ethyl adjacent to an activating group) is 1. The van der Waals surface area contributed by atoms with Gasteiger partial charge >= 0.3 is 13.2 Å². The Morgan fingerprint density at radius 2 is 1.92 bits per heavy atom. The molecule has 1 N–H and O–H groups in total. The lowest BCUT2D eigenvalue weighted by Gasteiger charge is -2.32. The number of nitrogens with zero attached hydrogens (tertiary/aromatic N) is 1. The number of amides is 1. The summed E-state index contributed by atoms with van der Waals surface area (Å²) in [4.78, 5) is 13.4. The summed E-state index contributed by atoms with van der Waals surface area (Å²) >= 11 is 0. The predicted molar refractivity (Wildman–Crippen MR) is 93.7 cm³/mol. The highest BCUT2D eigenvalue weighted by atomic mass is 19.1. The first-order chi connectivity index (χ1) is 11.6. The van der Waals surface area contributed by atoms with Crippen molar-refractivity contribution in [3.05, 3.63) is 24.0 Å². The third-order valence-electron chi connectivity index (χ3n) is 5.11. The summed E-state index contributed by atoms with van der Waals surface area (Å²) in [6.07, 6.45) is -0.716. The first-order valence-electron chi connectivity index (χ1n) is 8.42. The average Bonchev–Trinajstić information content (AvgIpc) is 2.96. The van der Waals surface area contributed by atoms with Crippen LogP contribution in [0, 0.1) is 5.82 Å². The molecule has 2 aliphatic heterocycles. The molecule has 0 aliphatic carbocycles. The molecule has 0 aromatic heterocycles. The van der Waals surface area contributed by atoms with Crippen LogP contribution in [-0.2, 0) is 14.0 Å². The molecule has 25 heavy (non-hydrogen) atoms. The number of halogens is 1. The molecular weight excluding hydrogens is 326 g/mol. The van der Waals surface area contributed by atoms with E-state index in [0.29, 0.717) is 24.2 Å². The van der Waals surface area contributed by atoms with Gasteiger partial charge in [-0.3, -0.25) is 4.90 Å². The topological polar surface area (TPSA) is 60.0 Å². The molecule has 2 heterocycles. The van der Waals surface area contributed by atoms with E-state index in [2.05, 4.69) is 5.32 Å². The smallest absolute Gasteiger partial charge is 0.443 e. The van der Waals surface area contributed by atoms with Gasteiger partial charge in [0.2, 0.25) is 0 Å². The Bertz CT molecular complexity index is 667. The van der Waals surface area contributed by atoms with Crippen molar-refractivity contribution < 1.29 is 23.2 Å². The fraction of sp³-hybridized carbons (Fsp3) is 0.588. The number of benzene rings is 1. The monoisotopic (exact) mass is 350 g/mol. The molecule has 1 aromatic rings. The van der Waals surface area contributed by atoms with Gasteiger partial charge in [0.05, 0.1) is 23.4 Å². The Hall–Kier alpha value is -1.64. The van der Waals surface area contributed by atoms with E-state index in [1.165, 1.54) is 11.0 Å². The SMILES string of the molecule is CNCC1CN(c2ccc(B3OC(C)(C)C(C)(C)O3)c(F)c2)C(=O)O1. The minimum absolute atomic E-state index is 0.247. The van der Waals surface area contributed by atoms with Gasteiger partial charge in [0.15, 0.2) is 0 Å². The highest BCUT2D eigenvalue weighted by Gasteiger charge is 2.52. The van der Waals surface area contributed by atoms with Gasteiger partial charge in [0.1, 0.15) is 11.9 Å². The van der Waals surface area contributed by atoms with Crippen LogP contribution in [-0.4, -0.2) is 50.7 Å². The van der Waals surface area contributed by atoms with Gasteiger partial charge in [0.25, 0.3) is 0 Å². The first-order valence-corrected chi connectivity index (χ1v) is 8.42. The van der Waals surface area contributed by atoms with Gasteiger partial charge in [-0.2, -0.15) is 0 Å². The lowest BCUT2D eigenvalue weighted by molar-refractivity contribution is 0.00578. The molecule has 2 fully saturated rings. The second kappa shape index (κ2) is 6.27. The molecule has 2 saturated heterocycles. The van der Waals surface area contributed by atoms with Gasteiger partial charge in [-0.15, -0.1) is 0 Å². The van der Waals surface area contributed by atoms with Crippen molar-refractivity contribution in [1.82, 2.24) is 5.32 Å². The number of hydrogen-bond acceptors (Lipinski definition) is 5. The van der Waals surface area contributed by atoms with Gasteiger partial charge < -0.3 is 19.4 Å². The van der Waals surface area contributed by atoms with Crippen molar-refractivity contribution in [2.45, 2.75) is 45.0 Å². The molecule has 3 rings (SSSR count). The Morgan fingerprint density at radius 1 is 1.28 bits per heavy atom. The minimum Gasteiger partial charge on any atom is -0.443 e. The van der Waals surface area contributed by atoms with Crippen LogP contribution in [0.1, 0.15) is 27.7 Å². The van der Waals surface area contributed by atoms with Gasteiger partial charge in [-0.25, -0.2) is 9.18 Å². The molecule has 1 aromatic carbocycles. The van der Waals surface area contributed by atoms with Crippen LogP contribution in [0.25, 0.3) is 0 Å². The molecule has 1 amide bonds. The molecule has 0 saturated carbocycles. The van der Waals surface area contributed by atoms with Crippen LogP contribution in [0.3, 0.4) is 0 Å². The Morgan fingerprint density at radius 3 is 2.48 bits per heavy atom. The zero-order valence-corrected chi connectivity index (χ0v) is 15.3. The maximum atomic E-state index is 14.7. The largest absolute Gasteiger partial charge is 0.497 e. The molecule has 2 aliphatic rings. The summed E-state index contributed by atoms with van der Waals surface area (Å²) in [5.41, 5.74) is -0.299. The van der Waals surface area contributed by atoms with E-state index in [9.17, 15) is 9.18 Å². The Balaban J connectivity index is 1.80. The summed E-state index contributed by atoms with van der Waals surface area (Å²) in [6, 6.07) is 4.61. The molecule has 0 bridgehead atoms. The van der Waals surface area contributed by atoms with Gasteiger partial charge in [-0.05, 0) is 46.9 Å². The van der Waals surface area contributed by atoms with E-state index >= 15 is 0 Å². The van der Waals surface area contributed by atoms with Gasteiger partial charge in [-0.1, -0.05) is 6.07 Å². The van der Waals surface area contributed by atoms with Gasteiger partial charge in [0, 0.05) is 12.0 Å². The van der Waals surface area contributed by atoms with E-state index in [0.717, 1.165) is 0 Å². The number of carbonyl (C=O) groups excluding carboxylic acids is 1. The summed E-state index contributed by atoms with van der Waals surface area (Å²) < 4.78 is 31.7. The van der Waals surface area contributed by atoms with Crippen LogP contribution < -0.4 is 15.7 Å². The van der Waals surface area contributed by atoms with E-state index < -0.39 is 30.2 Å². The van der Waals surface area contributed by atoms with Crippen LogP contribution >= 0.6 is 0 Å². The molecule has 0 spiro atoms. The number of hydrogen-bond donors (Lipinski definition) is 1. The summed E-state index contributed by atoms with van der Waals surface area (Å²) in [6.45, 7) is 8.61. The second-order valence-corrected chi connectivity index (χ2v) is 7.47. The predicted octanol–water partition coefficient (Wildman–Crippen LogP) is 1.67. The number of ether oxygens (including phenoxy) is 1. The van der Waals surface area contributed by atoms with Crippen molar-refractivity contribution in [3.8, 4) is 0 Å². The molecule has 0 radical (unpaired) electrons. The Kier molecular flexibility index (Phi) is 4.55. The second-order valence-electron chi connectivity index (χ2n) is 7.47. The standard InChI is InChI=1S/C17H24BFN2O4/c1-16(2)17(3,4)25-18(24-16)13-7-6-11(8-14(13)19)21-10-12(9-20-5)23-15(21)22/h6-8,12,20H,9-10H2,1-5H3. The number of nitrogens with one attached hydrogen (secondary N) is 1. The molecule has 136 valence electrons. The first kappa shape index (κ1) is 18.2. The molecule has 1 unspecified atom stereocenters. The van der Waals surface area contributed by atoms with Crippen LogP contribution in [0.15, 0.2) is 18.2 Å². The number of cyclic esters (lactones) is 1. The van der Waals surface area contributed by atoms with Crippen LogP contribution in [0.4, 0.5) is 14.9 Å². The molecule has 8 heteroatoms. The normalized spacial score (nSPS) is 24.7. The third-order valence-corrected chi connectivity index (χ3v) is 5.11. The van der Waals surface area contributed by atoms with Crippen molar-refractivity contribution in [3.63, 3.8) is 0 Å². The summed E-state index contributed by atoms with van der Waals surface area (Å²) in [7, 11) is 1.01. The molecule has 1 atom stereocenters. The minimum atomic E-state index is -0.776. The number of rotatable bonds is 4. The number of anilines is 1. The lowest BCUT2D eigenvalue weighted by atomic mass is 9.78. The molecule has 6 nitrogen and oxygen atoms in total. The van der Waals surface area contributed by atoms with Crippen molar-refractivity contribution >= 4 is 24.4 Å². The fourth-order valence-corrected chi connectivity index (χ4v) is 2.91.